The molecule has 0 aliphatic heterocycles. The Balaban J connectivity index is 2.04. The summed E-state index contributed by atoms with van der Waals surface area (Å²) in [7, 11) is 0. The molecule has 0 radical (unpaired) electrons. The molecule has 0 bridgehead atoms. The number of carbonyl (C=O) groups is 1. The Morgan fingerprint density at radius 1 is 1.39 bits per heavy atom. The number of hydrogen-bond acceptors (Lipinski definition) is 2. The van der Waals surface area contributed by atoms with E-state index < -0.39 is 0 Å². The van der Waals surface area contributed by atoms with Gasteiger partial charge in [0.1, 0.15) is 5.69 Å². The van der Waals surface area contributed by atoms with Crippen molar-refractivity contribution < 1.29 is 4.79 Å². The SMILES string of the molecule is C=CCNC(=O)c1cc2sc(C)cc2n1Cc1cccc(Cl)c1. The van der Waals surface area contributed by atoms with Crippen LogP contribution < -0.4 is 5.32 Å². The fourth-order valence-electron chi connectivity index (χ4n) is 2.60. The smallest absolute Gasteiger partial charge is 0.268 e. The minimum atomic E-state index is -0.0898. The zero-order valence-corrected chi connectivity index (χ0v) is 14.4. The molecule has 0 unspecified atom stereocenters. The van der Waals surface area contributed by atoms with Crippen LogP contribution in [-0.4, -0.2) is 17.0 Å². The maximum atomic E-state index is 12.4. The van der Waals surface area contributed by atoms with E-state index in [0.29, 0.717) is 23.8 Å². The topological polar surface area (TPSA) is 34.0 Å². The van der Waals surface area contributed by atoms with Crippen LogP contribution in [0.1, 0.15) is 20.9 Å². The zero-order valence-electron chi connectivity index (χ0n) is 12.8. The van der Waals surface area contributed by atoms with Gasteiger partial charge in [0, 0.05) is 23.0 Å². The Hall–Kier alpha value is -2.04. The van der Waals surface area contributed by atoms with Crippen molar-refractivity contribution in [2.24, 2.45) is 0 Å². The largest absolute Gasteiger partial charge is 0.347 e. The minimum absolute atomic E-state index is 0.0898. The van der Waals surface area contributed by atoms with E-state index in [4.69, 9.17) is 11.6 Å². The average Bonchev–Trinajstić information content (AvgIpc) is 3.02. The Kier molecular flexibility index (Phi) is 4.55. The molecule has 2 heterocycles. The summed E-state index contributed by atoms with van der Waals surface area (Å²) < 4.78 is 3.16. The van der Waals surface area contributed by atoms with Gasteiger partial charge in [-0.2, -0.15) is 0 Å². The number of hydrogen-bond donors (Lipinski definition) is 1. The summed E-state index contributed by atoms with van der Waals surface area (Å²) in [6, 6.07) is 11.8. The molecule has 1 N–H and O–H groups in total. The fourth-order valence-corrected chi connectivity index (χ4v) is 3.77. The summed E-state index contributed by atoms with van der Waals surface area (Å²) in [5, 5.41) is 3.55. The van der Waals surface area contributed by atoms with E-state index in [2.05, 4.69) is 24.9 Å². The number of fused-ring (bicyclic) bond motifs is 1. The number of aryl methyl sites for hydroxylation is 1. The number of carbonyl (C=O) groups excluding carboxylic acids is 1. The third-order valence-corrected chi connectivity index (χ3v) is 4.80. The lowest BCUT2D eigenvalue weighted by Gasteiger charge is -2.10. The summed E-state index contributed by atoms with van der Waals surface area (Å²) in [6.07, 6.45) is 1.68. The summed E-state index contributed by atoms with van der Waals surface area (Å²) in [4.78, 5) is 13.7. The van der Waals surface area contributed by atoms with Crippen LogP contribution in [0.5, 0.6) is 0 Å². The molecular weight excluding hydrogens is 328 g/mol. The van der Waals surface area contributed by atoms with Crippen LogP contribution in [0.25, 0.3) is 10.2 Å². The van der Waals surface area contributed by atoms with Crippen molar-refractivity contribution >= 4 is 39.1 Å². The summed E-state index contributed by atoms with van der Waals surface area (Å²) in [6.45, 7) is 6.77. The van der Waals surface area contributed by atoms with Crippen molar-refractivity contribution in [3.8, 4) is 0 Å². The molecule has 118 valence electrons. The van der Waals surface area contributed by atoms with Gasteiger partial charge in [0.15, 0.2) is 0 Å². The lowest BCUT2D eigenvalue weighted by atomic mass is 10.2. The first-order chi connectivity index (χ1) is 11.1. The highest BCUT2D eigenvalue weighted by Crippen LogP contribution is 2.29. The number of halogens is 1. The zero-order chi connectivity index (χ0) is 16.4. The number of amides is 1. The van der Waals surface area contributed by atoms with E-state index in [1.807, 2.05) is 34.9 Å². The van der Waals surface area contributed by atoms with Crippen molar-refractivity contribution in [1.29, 1.82) is 0 Å². The highest BCUT2D eigenvalue weighted by molar-refractivity contribution is 7.19. The molecule has 0 aliphatic rings. The number of rotatable bonds is 5. The monoisotopic (exact) mass is 344 g/mol. The van der Waals surface area contributed by atoms with E-state index in [0.717, 1.165) is 15.8 Å². The summed E-state index contributed by atoms with van der Waals surface area (Å²) >= 11 is 7.78. The van der Waals surface area contributed by atoms with Crippen LogP contribution in [0, 0.1) is 6.92 Å². The molecule has 0 fully saturated rings. The predicted octanol–water partition coefficient (Wildman–Crippen LogP) is 4.63. The van der Waals surface area contributed by atoms with Crippen molar-refractivity contribution in [2.45, 2.75) is 13.5 Å². The van der Waals surface area contributed by atoms with E-state index in [1.165, 1.54) is 4.88 Å². The van der Waals surface area contributed by atoms with Crippen LogP contribution in [0.3, 0.4) is 0 Å². The average molecular weight is 345 g/mol. The van der Waals surface area contributed by atoms with Crippen molar-refractivity contribution in [2.75, 3.05) is 6.54 Å². The number of nitrogens with one attached hydrogen (secondary N) is 1. The van der Waals surface area contributed by atoms with Gasteiger partial charge in [-0.3, -0.25) is 4.79 Å². The van der Waals surface area contributed by atoms with Gasteiger partial charge in [-0.15, -0.1) is 17.9 Å². The molecule has 3 nitrogen and oxygen atoms in total. The fraction of sp³-hybridized carbons (Fsp3) is 0.167. The van der Waals surface area contributed by atoms with Crippen molar-refractivity contribution in [3.63, 3.8) is 0 Å². The van der Waals surface area contributed by atoms with Crippen LogP contribution in [0.2, 0.25) is 5.02 Å². The molecule has 3 rings (SSSR count). The van der Waals surface area contributed by atoms with Crippen LogP contribution in [-0.2, 0) is 6.54 Å². The normalized spacial score (nSPS) is 10.9. The molecule has 1 amide bonds. The van der Waals surface area contributed by atoms with Gasteiger partial charge in [-0.25, -0.2) is 0 Å². The van der Waals surface area contributed by atoms with Gasteiger partial charge < -0.3 is 9.88 Å². The molecule has 1 aromatic carbocycles. The Morgan fingerprint density at radius 3 is 2.96 bits per heavy atom. The highest BCUT2D eigenvalue weighted by Gasteiger charge is 2.17. The molecule has 0 saturated heterocycles. The lowest BCUT2D eigenvalue weighted by molar-refractivity contribution is 0.0949. The van der Waals surface area contributed by atoms with Gasteiger partial charge in [0.05, 0.1) is 10.2 Å². The molecule has 0 aliphatic carbocycles. The van der Waals surface area contributed by atoms with Gasteiger partial charge >= 0.3 is 0 Å². The van der Waals surface area contributed by atoms with E-state index in [-0.39, 0.29) is 5.91 Å². The van der Waals surface area contributed by atoms with Crippen LogP contribution in [0.4, 0.5) is 0 Å². The number of aromatic nitrogens is 1. The first kappa shape index (κ1) is 15.8. The number of nitrogens with zero attached hydrogens (tertiary/aromatic N) is 1. The maximum absolute atomic E-state index is 12.4. The second-order valence-electron chi connectivity index (χ2n) is 5.35. The molecule has 3 aromatic rings. The second-order valence-corrected chi connectivity index (χ2v) is 7.08. The quantitative estimate of drug-likeness (QED) is 0.673. The van der Waals surface area contributed by atoms with E-state index in [1.54, 1.807) is 17.4 Å². The van der Waals surface area contributed by atoms with E-state index in [9.17, 15) is 4.79 Å². The minimum Gasteiger partial charge on any atom is -0.347 e. The molecule has 23 heavy (non-hydrogen) atoms. The maximum Gasteiger partial charge on any atom is 0.268 e. The van der Waals surface area contributed by atoms with Gasteiger partial charge in [-0.05, 0) is 36.8 Å². The van der Waals surface area contributed by atoms with Crippen LogP contribution in [0.15, 0.2) is 49.1 Å². The van der Waals surface area contributed by atoms with Gasteiger partial charge in [0.2, 0.25) is 0 Å². The third-order valence-electron chi connectivity index (χ3n) is 3.58. The van der Waals surface area contributed by atoms with Crippen molar-refractivity contribution in [1.82, 2.24) is 9.88 Å². The molecule has 0 saturated carbocycles. The molecule has 0 spiro atoms. The van der Waals surface area contributed by atoms with Crippen molar-refractivity contribution in [3.05, 3.63) is 70.2 Å². The summed E-state index contributed by atoms with van der Waals surface area (Å²) in [5.74, 6) is -0.0898. The lowest BCUT2D eigenvalue weighted by Crippen LogP contribution is -2.26. The first-order valence-corrected chi connectivity index (χ1v) is 8.51. The number of benzene rings is 1. The van der Waals surface area contributed by atoms with E-state index >= 15 is 0 Å². The standard InChI is InChI=1S/C18H17ClN2OS/c1-3-7-20-18(22)16-10-17-15(8-12(2)23-17)21(16)11-13-5-4-6-14(19)9-13/h3-6,8-10H,1,7,11H2,2H3,(H,20,22). The third kappa shape index (κ3) is 3.33. The first-order valence-electron chi connectivity index (χ1n) is 7.31. The highest BCUT2D eigenvalue weighted by atomic mass is 35.5. The molecular formula is C18H17ClN2OS. The number of thiophene rings is 1. The van der Waals surface area contributed by atoms with Crippen LogP contribution >= 0.6 is 22.9 Å². The summed E-state index contributed by atoms with van der Waals surface area (Å²) in [5.41, 5.74) is 2.81. The Bertz CT molecular complexity index is 878. The molecule has 0 atom stereocenters. The Labute approximate surface area is 144 Å². The Morgan fingerprint density at radius 2 is 2.22 bits per heavy atom. The molecule has 2 aromatic heterocycles. The van der Waals surface area contributed by atoms with Gasteiger partial charge in [-0.1, -0.05) is 29.8 Å². The predicted molar refractivity (Wildman–Crippen MR) is 97.6 cm³/mol. The second kappa shape index (κ2) is 6.60. The van der Waals surface area contributed by atoms with Gasteiger partial charge in [0.25, 0.3) is 5.91 Å². The molecule has 5 heteroatoms.